The number of hydrazine groups is 1. The number of alkyl halides is 5. The van der Waals surface area contributed by atoms with Crippen LogP contribution in [-0.2, 0) is 28.9 Å². The van der Waals surface area contributed by atoms with Crippen LogP contribution >= 0.6 is 0 Å². The highest BCUT2D eigenvalue weighted by atomic mass is 32.2. The lowest BCUT2D eigenvalue weighted by molar-refractivity contribution is -0.274. The van der Waals surface area contributed by atoms with Crippen LogP contribution in [0.25, 0.3) is 28.1 Å². The molecule has 4 N–H and O–H groups in total. The molecule has 0 amide bonds. The maximum atomic E-state index is 14.7. The normalized spacial score (nSPS) is 13.2. The van der Waals surface area contributed by atoms with Crippen molar-refractivity contribution in [1.29, 1.82) is 0 Å². The molecule has 0 radical (unpaired) electrons. The molecule has 0 spiro atoms. The number of aryl methyl sites for hydroxylation is 1. The molecular formula is C29H28F5N5O3S. The molecule has 228 valence electrons. The van der Waals surface area contributed by atoms with E-state index < -0.39 is 41.5 Å². The maximum Gasteiger partial charge on any atom is 0.573 e. The van der Waals surface area contributed by atoms with Gasteiger partial charge in [0, 0.05) is 37.6 Å². The van der Waals surface area contributed by atoms with Gasteiger partial charge in [-0.25, -0.2) is 5.84 Å². The van der Waals surface area contributed by atoms with E-state index in [-0.39, 0.29) is 11.4 Å². The smallest absolute Gasteiger partial charge is 0.573 e. The highest BCUT2D eigenvalue weighted by Crippen LogP contribution is 2.39. The van der Waals surface area contributed by atoms with Crippen LogP contribution in [0.5, 0.6) is 5.75 Å². The quantitative estimate of drug-likeness (QED) is 0.100. The molecule has 43 heavy (non-hydrogen) atoms. The number of halogens is 5. The Morgan fingerprint density at radius 1 is 1.02 bits per heavy atom. The van der Waals surface area contributed by atoms with Crippen molar-refractivity contribution in [2.45, 2.75) is 17.2 Å². The van der Waals surface area contributed by atoms with Gasteiger partial charge < -0.3 is 19.8 Å². The van der Waals surface area contributed by atoms with Gasteiger partial charge in [-0.3, -0.25) is 9.69 Å². The van der Waals surface area contributed by atoms with Gasteiger partial charge in [0.2, 0.25) is 0 Å². The van der Waals surface area contributed by atoms with Crippen molar-refractivity contribution in [3.05, 3.63) is 90.3 Å². The van der Waals surface area contributed by atoms with Gasteiger partial charge in [-0.15, -0.1) is 13.2 Å². The van der Waals surface area contributed by atoms with Crippen LogP contribution in [0, 0.1) is 0 Å². The van der Waals surface area contributed by atoms with E-state index in [4.69, 9.17) is 11.6 Å². The number of hydrogen-bond donors (Lipinski definition) is 2. The van der Waals surface area contributed by atoms with Crippen LogP contribution in [0.15, 0.2) is 83.9 Å². The van der Waals surface area contributed by atoms with Crippen molar-refractivity contribution in [1.82, 2.24) is 9.78 Å². The number of rotatable bonds is 10. The van der Waals surface area contributed by atoms with Crippen molar-refractivity contribution < 1.29 is 36.0 Å². The first-order chi connectivity index (χ1) is 20.2. The molecule has 4 rings (SSSR count). The van der Waals surface area contributed by atoms with E-state index in [1.54, 1.807) is 42.7 Å². The zero-order valence-electron chi connectivity index (χ0n) is 23.2. The average molecular weight is 622 g/mol. The van der Waals surface area contributed by atoms with Crippen molar-refractivity contribution >= 4 is 22.6 Å². The number of methoxy groups -OCH3 is 1. The Labute approximate surface area is 247 Å². The van der Waals surface area contributed by atoms with Crippen molar-refractivity contribution in [3.63, 3.8) is 0 Å². The summed E-state index contributed by atoms with van der Waals surface area (Å²) in [4.78, 5) is 0.591. The Kier molecular flexibility index (Phi) is 9.35. The van der Waals surface area contributed by atoms with Gasteiger partial charge in [0.15, 0.2) is 4.90 Å². The standard InChI is InChI=1S/C29H28F5N5O3S/c1-38-24(15-27(37-38)28(30,31)17-41-2)23-12-9-20(19-5-4-6-22(13-19)43(3)40)14-25(23)39(36)26(16-35)18-7-10-21(11-8-18)42-29(32,33)34/h4-16H,17,35-36H2,1-3H3/b26-16-. The molecule has 0 saturated carbocycles. The van der Waals surface area contributed by atoms with E-state index in [0.717, 1.165) is 19.2 Å². The molecule has 1 heterocycles. The number of aromatic nitrogens is 2. The minimum atomic E-state index is -4.87. The third kappa shape index (κ3) is 7.28. The molecular weight excluding hydrogens is 593 g/mol. The van der Waals surface area contributed by atoms with E-state index in [0.29, 0.717) is 32.8 Å². The summed E-state index contributed by atoms with van der Waals surface area (Å²) in [7, 11) is 2.66. The predicted molar refractivity (Wildman–Crippen MR) is 154 cm³/mol. The van der Waals surface area contributed by atoms with Gasteiger partial charge in [0.05, 0.1) is 17.1 Å². The summed E-state index contributed by atoms with van der Waals surface area (Å²) in [5.41, 5.74) is 8.30. The lowest BCUT2D eigenvalue weighted by Crippen LogP contribution is -2.30. The zero-order chi connectivity index (χ0) is 31.5. The fourth-order valence-electron chi connectivity index (χ4n) is 4.41. The summed E-state index contributed by atoms with van der Waals surface area (Å²) in [6.45, 7) is -0.874. The highest BCUT2D eigenvalue weighted by molar-refractivity contribution is 7.90. The number of ether oxygens (including phenoxy) is 2. The number of hydrogen-bond acceptors (Lipinski definition) is 7. The first kappa shape index (κ1) is 31.8. The van der Waals surface area contributed by atoms with E-state index in [1.165, 1.54) is 41.1 Å². The monoisotopic (exact) mass is 621 g/mol. The summed E-state index contributed by atoms with van der Waals surface area (Å²) in [5.74, 6) is 2.80. The molecule has 8 nitrogen and oxygen atoms in total. The Balaban J connectivity index is 1.85. The van der Waals surface area contributed by atoms with Crippen LogP contribution in [0.4, 0.5) is 27.6 Å². The molecule has 1 atom stereocenters. The van der Waals surface area contributed by atoms with Gasteiger partial charge >= 0.3 is 12.3 Å². The summed E-state index contributed by atoms with van der Waals surface area (Å²) in [6.07, 6.45) is -2.15. The largest absolute Gasteiger partial charge is 0.612 e. The molecule has 0 aliphatic heterocycles. The van der Waals surface area contributed by atoms with Crippen LogP contribution < -0.4 is 21.3 Å². The molecule has 3 aromatic carbocycles. The minimum Gasteiger partial charge on any atom is -0.612 e. The van der Waals surface area contributed by atoms with Gasteiger partial charge in [0.1, 0.15) is 24.3 Å². The number of anilines is 1. The Hall–Kier alpha value is -4.11. The average Bonchev–Trinajstić information content (AvgIpc) is 3.35. The molecule has 1 unspecified atom stereocenters. The van der Waals surface area contributed by atoms with Gasteiger partial charge in [-0.1, -0.05) is 24.3 Å². The third-order valence-electron chi connectivity index (χ3n) is 6.41. The highest BCUT2D eigenvalue weighted by Gasteiger charge is 2.36. The second-order valence-corrected chi connectivity index (χ2v) is 10.8. The summed E-state index contributed by atoms with van der Waals surface area (Å²) in [5, 5.41) is 5.19. The lowest BCUT2D eigenvalue weighted by atomic mass is 9.99. The Morgan fingerprint density at radius 2 is 1.70 bits per heavy atom. The maximum absolute atomic E-state index is 14.7. The molecule has 0 aliphatic rings. The second-order valence-electron chi connectivity index (χ2n) is 9.38. The molecule has 1 aromatic heterocycles. The molecule has 0 bridgehead atoms. The molecule has 4 aromatic rings. The van der Waals surface area contributed by atoms with Crippen molar-refractivity contribution in [2.24, 2.45) is 18.6 Å². The van der Waals surface area contributed by atoms with Gasteiger partial charge in [-0.05, 0) is 64.8 Å². The summed E-state index contributed by atoms with van der Waals surface area (Å²) >= 11 is -1.25. The predicted octanol–water partition coefficient (Wildman–Crippen LogP) is 5.77. The first-order valence-corrected chi connectivity index (χ1v) is 14.1. The zero-order valence-corrected chi connectivity index (χ0v) is 24.0. The summed E-state index contributed by atoms with van der Waals surface area (Å²) < 4.78 is 89.3. The summed E-state index contributed by atoms with van der Waals surface area (Å²) in [6, 6.07) is 18.3. The molecule has 14 heteroatoms. The van der Waals surface area contributed by atoms with Gasteiger partial charge in [-0.2, -0.15) is 13.9 Å². The van der Waals surface area contributed by atoms with Gasteiger partial charge in [0.25, 0.3) is 0 Å². The number of benzene rings is 3. The van der Waals surface area contributed by atoms with Crippen LogP contribution in [0.2, 0.25) is 0 Å². The number of nitrogens with zero attached hydrogens (tertiary/aromatic N) is 3. The van der Waals surface area contributed by atoms with E-state index >= 15 is 0 Å². The molecule has 0 aliphatic carbocycles. The van der Waals surface area contributed by atoms with Crippen molar-refractivity contribution in [2.75, 3.05) is 25.0 Å². The minimum absolute atomic E-state index is 0.187. The lowest BCUT2D eigenvalue weighted by Gasteiger charge is -2.25. The SMILES string of the molecule is COCC(F)(F)c1cc(-c2ccc(-c3cccc([S+](C)[O-])c3)cc2N(N)/C(=C\N)c2ccc(OC(F)(F)F)cc2)n(C)n1. The topological polar surface area (TPSA) is 115 Å². The van der Waals surface area contributed by atoms with E-state index in [2.05, 4.69) is 14.6 Å². The van der Waals surface area contributed by atoms with Crippen LogP contribution in [0.3, 0.4) is 0 Å². The fourth-order valence-corrected chi connectivity index (χ4v) is 4.97. The van der Waals surface area contributed by atoms with Crippen LogP contribution in [0.1, 0.15) is 11.3 Å². The second kappa shape index (κ2) is 12.6. The van der Waals surface area contributed by atoms with Crippen LogP contribution in [-0.4, -0.2) is 40.7 Å². The Morgan fingerprint density at radius 3 is 2.30 bits per heavy atom. The van der Waals surface area contributed by atoms with Crippen molar-refractivity contribution in [3.8, 4) is 28.1 Å². The number of nitrogens with two attached hydrogens (primary N) is 2. The van der Waals surface area contributed by atoms with E-state index in [1.807, 2.05) is 6.07 Å². The third-order valence-corrected chi connectivity index (χ3v) is 7.33. The molecule has 0 saturated heterocycles. The molecule has 0 fully saturated rings. The first-order valence-electron chi connectivity index (χ1n) is 12.6. The Bertz CT molecular complexity index is 1610. The fraction of sp³-hybridized carbons (Fsp3) is 0.207. The van der Waals surface area contributed by atoms with E-state index in [9.17, 15) is 26.5 Å².